The van der Waals surface area contributed by atoms with Crippen molar-refractivity contribution in [1.82, 2.24) is 4.90 Å². The predicted octanol–water partition coefficient (Wildman–Crippen LogP) is 5.23. The van der Waals surface area contributed by atoms with Gasteiger partial charge in [0.25, 0.3) is 0 Å². The molecule has 0 radical (unpaired) electrons. The SMILES string of the molecule is CCCCOC(=O)CC1(c2c(F)cccc2F)CCCN(Cc2ccccc2)C1. The van der Waals surface area contributed by atoms with Gasteiger partial charge >= 0.3 is 5.97 Å². The highest BCUT2D eigenvalue weighted by atomic mass is 19.1. The van der Waals surface area contributed by atoms with E-state index in [9.17, 15) is 13.6 Å². The Labute approximate surface area is 171 Å². The Morgan fingerprint density at radius 3 is 2.52 bits per heavy atom. The molecule has 1 aliphatic rings. The van der Waals surface area contributed by atoms with E-state index in [0.717, 1.165) is 31.4 Å². The average molecular weight is 401 g/mol. The summed E-state index contributed by atoms with van der Waals surface area (Å²) in [5.41, 5.74) is 0.235. The molecule has 1 atom stereocenters. The molecule has 2 aromatic rings. The van der Waals surface area contributed by atoms with E-state index in [0.29, 0.717) is 26.1 Å². The van der Waals surface area contributed by atoms with Crippen LogP contribution < -0.4 is 0 Å². The lowest BCUT2D eigenvalue weighted by Crippen LogP contribution is -2.48. The lowest BCUT2D eigenvalue weighted by molar-refractivity contribution is -0.146. The van der Waals surface area contributed by atoms with Crippen molar-refractivity contribution in [3.05, 3.63) is 71.3 Å². The predicted molar refractivity (Wildman–Crippen MR) is 109 cm³/mol. The van der Waals surface area contributed by atoms with Crippen molar-refractivity contribution in [1.29, 1.82) is 0 Å². The Morgan fingerprint density at radius 1 is 1.10 bits per heavy atom. The molecule has 1 unspecified atom stereocenters. The zero-order chi connectivity index (χ0) is 20.7. The smallest absolute Gasteiger partial charge is 0.306 e. The molecular formula is C24H29F2NO2. The van der Waals surface area contributed by atoms with Crippen molar-refractivity contribution < 1.29 is 18.3 Å². The molecule has 1 heterocycles. The Balaban J connectivity index is 1.87. The van der Waals surface area contributed by atoms with E-state index in [1.807, 2.05) is 37.3 Å². The standard InChI is InChI=1S/C24H29F2NO2/c1-2-3-15-29-22(28)16-24(23-20(25)11-7-12-21(23)26)13-8-14-27(18-24)17-19-9-5-4-6-10-19/h4-7,9-12H,2-3,8,13-18H2,1H3. The Hall–Kier alpha value is -2.27. The van der Waals surface area contributed by atoms with Gasteiger partial charge in [0.05, 0.1) is 13.0 Å². The fourth-order valence-electron chi connectivity index (χ4n) is 4.30. The fraction of sp³-hybridized carbons (Fsp3) is 0.458. The van der Waals surface area contributed by atoms with Gasteiger partial charge in [-0.1, -0.05) is 49.7 Å². The number of carbonyl (C=O) groups excluding carboxylic acids is 1. The molecule has 5 heteroatoms. The van der Waals surface area contributed by atoms with Crippen LogP contribution in [-0.2, 0) is 21.5 Å². The van der Waals surface area contributed by atoms with Gasteiger partial charge < -0.3 is 4.74 Å². The molecule has 1 saturated heterocycles. The number of nitrogens with zero attached hydrogens (tertiary/aromatic N) is 1. The summed E-state index contributed by atoms with van der Waals surface area (Å²) in [7, 11) is 0. The highest BCUT2D eigenvalue weighted by Gasteiger charge is 2.43. The number of hydrogen-bond acceptors (Lipinski definition) is 3. The molecule has 0 aliphatic carbocycles. The van der Waals surface area contributed by atoms with Crippen LogP contribution in [0.15, 0.2) is 48.5 Å². The summed E-state index contributed by atoms with van der Waals surface area (Å²) in [6, 6.07) is 13.9. The first-order chi connectivity index (χ1) is 14.0. The zero-order valence-electron chi connectivity index (χ0n) is 17.0. The normalized spacial score (nSPS) is 19.8. The van der Waals surface area contributed by atoms with Crippen LogP contribution in [0.2, 0.25) is 0 Å². The Bertz CT molecular complexity index is 792. The molecule has 0 saturated carbocycles. The first-order valence-electron chi connectivity index (χ1n) is 10.4. The molecule has 0 spiro atoms. The van der Waals surface area contributed by atoms with Gasteiger partial charge in [-0.15, -0.1) is 0 Å². The summed E-state index contributed by atoms with van der Waals surface area (Å²) in [6.07, 6.45) is 3.01. The number of rotatable bonds is 8. The van der Waals surface area contributed by atoms with E-state index in [4.69, 9.17) is 4.74 Å². The molecule has 0 bridgehead atoms. The second-order valence-electron chi connectivity index (χ2n) is 7.93. The van der Waals surface area contributed by atoms with E-state index in [2.05, 4.69) is 4.90 Å². The van der Waals surface area contributed by atoms with Crippen LogP contribution in [-0.4, -0.2) is 30.6 Å². The van der Waals surface area contributed by atoms with Crippen LogP contribution in [0, 0.1) is 11.6 Å². The van der Waals surface area contributed by atoms with E-state index in [1.54, 1.807) is 0 Å². The van der Waals surface area contributed by atoms with Crippen LogP contribution in [0.1, 0.15) is 50.2 Å². The van der Waals surface area contributed by atoms with Gasteiger partial charge in [-0.05, 0) is 43.5 Å². The van der Waals surface area contributed by atoms with E-state index in [-0.39, 0.29) is 18.0 Å². The van der Waals surface area contributed by atoms with Crippen LogP contribution >= 0.6 is 0 Å². The van der Waals surface area contributed by atoms with Crippen LogP contribution in [0.25, 0.3) is 0 Å². The third-order valence-corrected chi connectivity index (χ3v) is 5.64. The number of likely N-dealkylation sites (tertiary alicyclic amines) is 1. The summed E-state index contributed by atoms with van der Waals surface area (Å²) in [4.78, 5) is 14.8. The monoisotopic (exact) mass is 401 g/mol. The lowest BCUT2D eigenvalue weighted by atomic mass is 9.71. The molecule has 29 heavy (non-hydrogen) atoms. The van der Waals surface area contributed by atoms with E-state index >= 15 is 0 Å². The van der Waals surface area contributed by atoms with Crippen molar-refractivity contribution in [3.8, 4) is 0 Å². The highest BCUT2D eigenvalue weighted by molar-refractivity contribution is 5.71. The van der Waals surface area contributed by atoms with Crippen molar-refractivity contribution in [3.63, 3.8) is 0 Å². The number of carbonyl (C=O) groups is 1. The third-order valence-electron chi connectivity index (χ3n) is 5.64. The molecule has 0 amide bonds. The number of ether oxygens (including phenoxy) is 1. The summed E-state index contributed by atoms with van der Waals surface area (Å²) >= 11 is 0. The van der Waals surface area contributed by atoms with Gasteiger partial charge in [0, 0.05) is 24.1 Å². The quantitative estimate of drug-likeness (QED) is 0.448. The molecule has 0 aromatic heterocycles. The minimum Gasteiger partial charge on any atom is -0.466 e. The number of hydrogen-bond donors (Lipinski definition) is 0. The maximum absolute atomic E-state index is 14.8. The highest BCUT2D eigenvalue weighted by Crippen LogP contribution is 2.40. The van der Waals surface area contributed by atoms with Crippen molar-refractivity contribution in [2.75, 3.05) is 19.7 Å². The minimum absolute atomic E-state index is 0.0140. The molecule has 2 aromatic carbocycles. The second-order valence-corrected chi connectivity index (χ2v) is 7.93. The number of esters is 1. The average Bonchev–Trinajstić information content (AvgIpc) is 2.69. The minimum atomic E-state index is -0.925. The topological polar surface area (TPSA) is 29.5 Å². The summed E-state index contributed by atoms with van der Waals surface area (Å²) in [5, 5.41) is 0. The van der Waals surface area contributed by atoms with Gasteiger partial charge in [0.1, 0.15) is 11.6 Å². The maximum Gasteiger partial charge on any atom is 0.306 e. The van der Waals surface area contributed by atoms with Crippen molar-refractivity contribution >= 4 is 5.97 Å². The molecule has 3 nitrogen and oxygen atoms in total. The maximum atomic E-state index is 14.8. The first-order valence-corrected chi connectivity index (χ1v) is 10.4. The second kappa shape index (κ2) is 9.97. The first kappa shape index (κ1) is 21.4. The molecule has 1 aliphatic heterocycles. The lowest BCUT2D eigenvalue weighted by Gasteiger charge is -2.43. The number of piperidine rings is 1. The van der Waals surface area contributed by atoms with Crippen LogP contribution in [0.4, 0.5) is 8.78 Å². The van der Waals surface area contributed by atoms with Crippen molar-refractivity contribution in [2.45, 2.75) is 51.0 Å². The fourth-order valence-corrected chi connectivity index (χ4v) is 4.30. The summed E-state index contributed by atoms with van der Waals surface area (Å²) < 4.78 is 34.9. The molecule has 3 rings (SSSR count). The summed E-state index contributed by atoms with van der Waals surface area (Å²) in [5.74, 6) is -1.57. The zero-order valence-corrected chi connectivity index (χ0v) is 17.0. The molecule has 0 N–H and O–H groups in total. The van der Waals surface area contributed by atoms with Crippen LogP contribution in [0.5, 0.6) is 0 Å². The number of benzene rings is 2. The van der Waals surface area contributed by atoms with E-state index < -0.39 is 17.0 Å². The molecule has 156 valence electrons. The van der Waals surface area contributed by atoms with Gasteiger partial charge in [-0.2, -0.15) is 0 Å². The Kier molecular flexibility index (Phi) is 7.37. The number of halogens is 2. The van der Waals surface area contributed by atoms with E-state index in [1.165, 1.54) is 18.2 Å². The van der Waals surface area contributed by atoms with Gasteiger partial charge in [-0.3, -0.25) is 9.69 Å². The third kappa shape index (κ3) is 5.41. The van der Waals surface area contributed by atoms with Gasteiger partial charge in [0.15, 0.2) is 0 Å². The Morgan fingerprint density at radius 2 is 1.83 bits per heavy atom. The van der Waals surface area contributed by atoms with Crippen molar-refractivity contribution in [2.24, 2.45) is 0 Å². The molecular weight excluding hydrogens is 372 g/mol. The number of unbranched alkanes of at least 4 members (excludes halogenated alkanes) is 1. The summed E-state index contributed by atoms with van der Waals surface area (Å²) in [6.45, 7) is 4.30. The largest absolute Gasteiger partial charge is 0.466 e. The van der Waals surface area contributed by atoms with Gasteiger partial charge in [0.2, 0.25) is 0 Å². The van der Waals surface area contributed by atoms with Gasteiger partial charge in [-0.25, -0.2) is 8.78 Å². The molecule has 1 fully saturated rings. The van der Waals surface area contributed by atoms with Crippen LogP contribution in [0.3, 0.4) is 0 Å².